The number of nitrogens with one attached hydrogen (secondary N) is 2. The Bertz CT molecular complexity index is 955. The molecule has 4 N–H and O–H groups in total. The first-order valence-corrected chi connectivity index (χ1v) is 11.9. The molecule has 3 heterocycles. The maximum absolute atomic E-state index is 10.4. The van der Waals surface area contributed by atoms with Gasteiger partial charge in [-0.05, 0) is 39.6 Å². The van der Waals surface area contributed by atoms with Gasteiger partial charge in [0.05, 0.1) is 19.2 Å². The minimum atomic E-state index is -0.594. The van der Waals surface area contributed by atoms with E-state index in [-0.39, 0.29) is 12.6 Å². The highest BCUT2D eigenvalue weighted by Crippen LogP contribution is 2.31. The van der Waals surface area contributed by atoms with Gasteiger partial charge in [0.1, 0.15) is 36.3 Å². The van der Waals surface area contributed by atoms with Crippen LogP contribution < -0.4 is 20.3 Å². The van der Waals surface area contributed by atoms with Crippen molar-refractivity contribution in [2.75, 3.05) is 70.3 Å². The number of aliphatic hydroxyl groups is 2. The van der Waals surface area contributed by atoms with E-state index in [4.69, 9.17) is 19.4 Å². The molecule has 2 saturated heterocycles. The molecule has 4 rings (SSSR count). The fourth-order valence-electron chi connectivity index (χ4n) is 4.18. The Morgan fingerprint density at radius 1 is 1.29 bits per heavy atom. The van der Waals surface area contributed by atoms with Gasteiger partial charge in [-0.1, -0.05) is 12.1 Å². The molecule has 0 saturated carbocycles. The first-order chi connectivity index (χ1) is 16.4. The smallest absolute Gasteiger partial charge is 0.164 e. The zero-order valence-corrected chi connectivity index (χ0v) is 20.2. The number of anilines is 2. The third-order valence-corrected chi connectivity index (χ3v) is 6.28. The predicted molar refractivity (Wildman–Crippen MR) is 131 cm³/mol. The Hall–Kier alpha value is -2.50. The van der Waals surface area contributed by atoms with Gasteiger partial charge in [0.25, 0.3) is 0 Å². The van der Waals surface area contributed by atoms with Crippen LogP contribution in [0, 0.1) is 6.92 Å². The van der Waals surface area contributed by atoms with E-state index in [1.54, 1.807) is 7.05 Å². The summed E-state index contributed by atoms with van der Waals surface area (Å²) in [5.41, 5.74) is 1.78. The summed E-state index contributed by atoms with van der Waals surface area (Å²) < 4.78 is 11.3. The zero-order valence-electron chi connectivity index (χ0n) is 20.2. The molecule has 0 aliphatic carbocycles. The molecule has 0 spiro atoms. The molecule has 186 valence electrons. The van der Waals surface area contributed by atoms with Gasteiger partial charge in [-0.25, -0.2) is 9.97 Å². The van der Waals surface area contributed by atoms with Crippen molar-refractivity contribution in [3.8, 4) is 17.1 Å². The highest BCUT2D eigenvalue weighted by Gasteiger charge is 2.27. The van der Waals surface area contributed by atoms with Crippen molar-refractivity contribution in [1.29, 1.82) is 0 Å². The number of hydrogen-bond acceptors (Lipinski definition) is 10. The summed E-state index contributed by atoms with van der Waals surface area (Å²) in [4.78, 5) is 13.9. The molecule has 2 fully saturated rings. The van der Waals surface area contributed by atoms with Crippen LogP contribution in [0.4, 0.5) is 11.6 Å². The quantitative estimate of drug-likeness (QED) is 0.415. The number of piperazine rings is 1. The average Bonchev–Trinajstić information content (AvgIpc) is 3.34. The molecule has 2 unspecified atom stereocenters. The molecule has 0 amide bonds. The summed E-state index contributed by atoms with van der Waals surface area (Å²) in [6.45, 7) is 6.06. The Morgan fingerprint density at radius 3 is 2.88 bits per heavy atom. The van der Waals surface area contributed by atoms with Gasteiger partial charge in [-0.2, -0.15) is 0 Å². The van der Waals surface area contributed by atoms with Crippen LogP contribution in [-0.4, -0.2) is 104 Å². The summed E-state index contributed by atoms with van der Waals surface area (Å²) in [6.07, 6.45) is -0.212. The number of aromatic nitrogens is 2. The lowest BCUT2D eigenvalue weighted by Crippen LogP contribution is -2.51. The van der Waals surface area contributed by atoms with Crippen molar-refractivity contribution in [3.05, 3.63) is 29.8 Å². The van der Waals surface area contributed by atoms with Gasteiger partial charge >= 0.3 is 0 Å². The van der Waals surface area contributed by atoms with E-state index in [1.165, 1.54) is 0 Å². The second kappa shape index (κ2) is 11.3. The highest BCUT2D eigenvalue weighted by atomic mass is 16.5. The molecular weight excluding hydrogens is 436 g/mol. The standard InChI is InChI=1S/C24H36N6O4/c1-16-22(26-18-7-10-33-14-18)27-23(28-24(16)30-9-8-29(3)21(32)13-30)17-5-4-6-20(11-17)34-15-19(31)12-25-2/h4-6,11,18-19,21,25,31-32H,7-10,12-15H2,1-3H3,(H,26,27,28)/t18-,19?,21?/m1/s1. The average molecular weight is 473 g/mol. The fraction of sp³-hybridized carbons (Fsp3) is 0.583. The maximum Gasteiger partial charge on any atom is 0.164 e. The SMILES string of the molecule is CNCC(O)COc1cccc(-c2nc(N[C@@H]3CCOC3)c(C)c(N3CCN(C)C(O)C3)n2)c1. The predicted octanol–water partition coefficient (Wildman–Crippen LogP) is 0.682. The van der Waals surface area contributed by atoms with E-state index < -0.39 is 12.3 Å². The first-order valence-electron chi connectivity index (χ1n) is 11.9. The molecule has 3 atom stereocenters. The molecular formula is C24H36N6O4. The Labute approximate surface area is 200 Å². The normalized spacial score (nSPS) is 22.1. The monoisotopic (exact) mass is 472 g/mol. The van der Waals surface area contributed by atoms with E-state index in [0.29, 0.717) is 31.3 Å². The van der Waals surface area contributed by atoms with Gasteiger partial charge < -0.3 is 35.2 Å². The molecule has 2 aromatic rings. The van der Waals surface area contributed by atoms with Crippen molar-refractivity contribution in [2.45, 2.75) is 31.7 Å². The van der Waals surface area contributed by atoms with Crippen molar-refractivity contribution >= 4 is 11.6 Å². The van der Waals surface area contributed by atoms with Crippen LogP contribution in [0.1, 0.15) is 12.0 Å². The fourth-order valence-corrected chi connectivity index (χ4v) is 4.18. The molecule has 34 heavy (non-hydrogen) atoms. The summed E-state index contributed by atoms with van der Waals surface area (Å²) in [5.74, 6) is 2.82. The number of rotatable bonds is 9. The lowest BCUT2D eigenvalue weighted by Gasteiger charge is -2.38. The second-order valence-electron chi connectivity index (χ2n) is 9.01. The maximum atomic E-state index is 10.4. The van der Waals surface area contributed by atoms with E-state index in [0.717, 1.165) is 48.9 Å². The molecule has 1 aromatic heterocycles. The number of aliphatic hydroxyl groups excluding tert-OH is 2. The van der Waals surface area contributed by atoms with Crippen molar-refractivity contribution in [2.24, 2.45) is 0 Å². The number of hydrogen-bond donors (Lipinski definition) is 4. The van der Waals surface area contributed by atoms with Gasteiger partial charge in [0.2, 0.25) is 0 Å². The summed E-state index contributed by atoms with van der Waals surface area (Å²) in [5, 5.41) is 26.9. The lowest BCUT2D eigenvalue weighted by atomic mass is 10.1. The van der Waals surface area contributed by atoms with Gasteiger partial charge in [0.15, 0.2) is 5.82 Å². The zero-order chi connectivity index (χ0) is 24.1. The van der Waals surface area contributed by atoms with Crippen LogP contribution in [0.15, 0.2) is 24.3 Å². The third kappa shape index (κ3) is 5.94. The molecule has 0 radical (unpaired) electrons. The Morgan fingerprint density at radius 2 is 2.15 bits per heavy atom. The topological polar surface area (TPSA) is 115 Å². The number of likely N-dealkylation sites (N-methyl/N-ethyl adjacent to an activating group) is 2. The van der Waals surface area contributed by atoms with Crippen LogP contribution in [0.5, 0.6) is 5.75 Å². The van der Waals surface area contributed by atoms with E-state index in [9.17, 15) is 10.2 Å². The third-order valence-electron chi connectivity index (χ3n) is 6.28. The lowest BCUT2D eigenvalue weighted by molar-refractivity contribution is 0.0151. The van der Waals surface area contributed by atoms with Gasteiger partial charge in [0, 0.05) is 37.4 Å². The minimum absolute atomic E-state index is 0.192. The Balaban J connectivity index is 1.64. The van der Waals surface area contributed by atoms with Crippen LogP contribution in [0.2, 0.25) is 0 Å². The minimum Gasteiger partial charge on any atom is -0.491 e. The van der Waals surface area contributed by atoms with Crippen LogP contribution in [0.3, 0.4) is 0 Å². The van der Waals surface area contributed by atoms with E-state index in [1.807, 2.05) is 43.1 Å². The van der Waals surface area contributed by atoms with Crippen molar-refractivity contribution in [3.63, 3.8) is 0 Å². The number of benzene rings is 1. The molecule has 2 aliphatic heterocycles. The van der Waals surface area contributed by atoms with Gasteiger partial charge in [-0.3, -0.25) is 4.90 Å². The van der Waals surface area contributed by atoms with E-state index in [2.05, 4.69) is 15.5 Å². The molecule has 2 aliphatic rings. The largest absolute Gasteiger partial charge is 0.491 e. The summed E-state index contributed by atoms with van der Waals surface area (Å²) in [6, 6.07) is 7.80. The van der Waals surface area contributed by atoms with Crippen LogP contribution >= 0.6 is 0 Å². The van der Waals surface area contributed by atoms with Crippen LogP contribution in [-0.2, 0) is 4.74 Å². The summed E-state index contributed by atoms with van der Waals surface area (Å²) in [7, 11) is 3.71. The van der Waals surface area contributed by atoms with E-state index >= 15 is 0 Å². The summed E-state index contributed by atoms with van der Waals surface area (Å²) >= 11 is 0. The number of ether oxygens (including phenoxy) is 2. The number of β-amino-alcohol motifs (C(OH)–C–C–N with tert-alkyl or cyclic N) is 1. The van der Waals surface area contributed by atoms with Crippen molar-refractivity contribution < 1.29 is 19.7 Å². The van der Waals surface area contributed by atoms with Gasteiger partial charge in [-0.15, -0.1) is 0 Å². The second-order valence-corrected chi connectivity index (χ2v) is 9.01. The molecule has 10 heteroatoms. The first kappa shape index (κ1) is 24.6. The van der Waals surface area contributed by atoms with Crippen molar-refractivity contribution in [1.82, 2.24) is 20.2 Å². The molecule has 0 bridgehead atoms. The number of nitrogens with zero attached hydrogens (tertiary/aromatic N) is 4. The molecule has 10 nitrogen and oxygen atoms in total. The van der Waals surface area contributed by atoms with Crippen LogP contribution in [0.25, 0.3) is 11.4 Å². The Kier molecular flexibility index (Phi) is 8.17. The highest BCUT2D eigenvalue weighted by molar-refractivity contribution is 5.67. The molecule has 1 aromatic carbocycles.